The van der Waals surface area contributed by atoms with Crippen LogP contribution in [-0.4, -0.2) is 41.4 Å². The molecule has 2 N–H and O–H groups in total. The Bertz CT molecular complexity index is 1250. The van der Waals surface area contributed by atoms with Gasteiger partial charge in [-0.05, 0) is 52.7 Å². The van der Waals surface area contributed by atoms with Crippen LogP contribution in [0.4, 0.5) is 13.2 Å². The highest BCUT2D eigenvalue weighted by atomic mass is 79.9. The maximum Gasteiger partial charge on any atom is 0.417 e. The van der Waals surface area contributed by atoms with Gasteiger partial charge in [-0.3, -0.25) is 9.48 Å². The second kappa shape index (κ2) is 9.18. The van der Waals surface area contributed by atoms with Crippen LogP contribution in [0.25, 0.3) is 11.3 Å². The summed E-state index contributed by atoms with van der Waals surface area (Å²) < 4.78 is 48.6. The third kappa shape index (κ3) is 4.46. The fourth-order valence-corrected chi connectivity index (χ4v) is 6.09. The average molecular weight is 576 g/mol. The lowest BCUT2D eigenvalue weighted by molar-refractivity contribution is -0.137. The van der Waals surface area contributed by atoms with Gasteiger partial charge in [0, 0.05) is 18.5 Å². The van der Waals surface area contributed by atoms with E-state index < -0.39 is 11.7 Å². The van der Waals surface area contributed by atoms with Gasteiger partial charge in [0.05, 0.1) is 43.9 Å². The lowest BCUT2D eigenvalue weighted by atomic mass is 9.85. The Balaban J connectivity index is 1.41. The number of thiophene rings is 1. The monoisotopic (exact) mass is 574 g/mol. The Morgan fingerprint density at radius 3 is 2.97 bits per heavy atom. The molecular weight excluding hydrogens is 557 g/mol. The molecule has 0 bridgehead atoms. The van der Waals surface area contributed by atoms with Crippen molar-refractivity contribution in [2.75, 3.05) is 19.7 Å². The molecule has 0 saturated carbocycles. The van der Waals surface area contributed by atoms with Gasteiger partial charge in [0.25, 0.3) is 5.91 Å². The summed E-state index contributed by atoms with van der Waals surface area (Å²) in [5, 5.41) is 10.9. The van der Waals surface area contributed by atoms with Crippen LogP contribution in [0.2, 0.25) is 5.02 Å². The lowest BCUT2D eigenvalue weighted by Crippen LogP contribution is -2.49. The van der Waals surface area contributed by atoms with Gasteiger partial charge in [0.15, 0.2) is 5.06 Å². The fraction of sp³-hybridized carbons (Fsp3) is 0.364. The molecule has 2 aliphatic rings. The predicted molar refractivity (Wildman–Crippen MR) is 127 cm³/mol. The second-order valence-corrected chi connectivity index (χ2v) is 10.4. The van der Waals surface area contributed by atoms with E-state index in [-0.39, 0.29) is 22.9 Å². The maximum atomic E-state index is 13.4. The van der Waals surface area contributed by atoms with Crippen molar-refractivity contribution in [2.24, 2.45) is 0 Å². The molecule has 0 unspecified atom stereocenters. The number of rotatable bonds is 3. The Morgan fingerprint density at radius 1 is 1.35 bits per heavy atom. The van der Waals surface area contributed by atoms with Crippen molar-refractivity contribution in [1.29, 1.82) is 0 Å². The van der Waals surface area contributed by atoms with Crippen molar-refractivity contribution in [1.82, 2.24) is 20.4 Å². The van der Waals surface area contributed by atoms with E-state index in [1.807, 2.05) is 4.68 Å². The zero-order valence-electron chi connectivity index (χ0n) is 17.6. The van der Waals surface area contributed by atoms with Crippen LogP contribution in [0.5, 0.6) is 5.06 Å². The Kier molecular flexibility index (Phi) is 6.38. The number of fused-ring (bicyclic) bond motifs is 3. The summed E-state index contributed by atoms with van der Waals surface area (Å²) in [6, 6.07) is 5.36. The SMILES string of the molecule is O=C(N[C@@H]1CNCC[C@H]1c1ccc(Cl)c(C(F)(F)F)c1)c1cc2c(s1)OCCn1ncc(Br)c1-2. The van der Waals surface area contributed by atoms with Crippen LogP contribution < -0.4 is 15.4 Å². The number of ether oxygens (including phenoxy) is 1. The summed E-state index contributed by atoms with van der Waals surface area (Å²) in [6.07, 6.45) is -2.25. The van der Waals surface area contributed by atoms with E-state index >= 15 is 0 Å². The molecule has 34 heavy (non-hydrogen) atoms. The smallest absolute Gasteiger partial charge is 0.417 e. The number of amides is 1. The first-order valence-electron chi connectivity index (χ1n) is 10.6. The van der Waals surface area contributed by atoms with E-state index in [1.54, 1.807) is 18.3 Å². The summed E-state index contributed by atoms with van der Waals surface area (Å²) in [7, 11) is 0. The van der Waals surface area contributed by atoms with Crippen molar-refractivity contribution >= 4 is 44.8 Å². The Labute approximate surface area is 210 Å². The highest BCUT2D eigenvalue weighted by Gasteiger charge is 2.36. The van der Waals surface area contributed by atoms with Crippen LogP contribution in [0.3, 0.4) is 0 Å². The molecule has 0 aliphatic carbocycles. The molecule has 3 aromatic rings. The minimum Gasteiger partial charge on any atom is -0.481 e. The van der Waals surface area contributed by atoms with Crippen molar-refractivity contribution in [3.63, 3.8) is 0 Å². The van der Waals surface area contributed by atoms with E-state index in [0.717, 1.165) is 21.8 Å². The van der Waals surface area contributed by atoms with Gasteiger partial charge < -0.3 is 15.4 Å². The third-order valence-electron chi connectivity index (χ3n) is 6.03. The number of benzene rings is 1. The first-order valence-corrected chi connectivity index (χ1v) is 12.6. The molecule has 4 heterocycles. The zero-order chi connectivity index (χ0) is 24.0. The van der Waals surface area contributed by atoms with Gasteiger partial charge in [-0.15, -0.1) is 0 Å². The maximum absolute atomic E-state index is 13.4. The number of nitrogens with one attached hydrogen (secondary N) is 2. The molecule has 1 amide bonds. The van der Waals surface area contributed by atoms with E-state index in [2.05, 4.69) is 31.7 Å². The molecule has 6 nitrogen and oxygen atoms in total. The van der Waals surface area contributed by atoms with Crippen LogP contribution in [0, 0.1) is 0 Å². The van der Waals surface area contributed by atoms with Crippen molar-refractivity contribution in [3.05, 3.63) is 56.0 Å². The number of alkyl halides is 3. The molecule has 0 radical (unpaired) electrons. The average Bonchev–Trinajstić information content (AvgIpc) is 3.32. The summed E-state index contributed by atoms with van der Waals surface area (Å²) in [5.41, 5.74) is 1.27. The van der Waals surface area contributed by atoms with Crippen LogP contribution >= 0.6 is 38.9 Å². The van der Waals surface area contributed by atoms with Gasteiger partial charge in [-0.2, -0.15) is 18.3 Å². The first kappa shape index (κ1) is 23.7. The summed E-state index contributed by atoms with van der Waals surface area (Å²) in [6.45, 7) is 2.11. The van der Waals surface area contributed by atoms with E-state index in [0.29, 0.717) is 48.2 Å². The van der Waals surface area contributed by atoms with Crippen LogP contribution in [0.1, 0.15) is 33.1 Å². The summed E-state index contributed by atoms with van der Waals surface area (Å²) in [4.78, 5) is 13.7. The molecule has 180 valence electrons. The van der Waals surface area contributed by atoms with E-state index in [1.165, 1.54) is 17.4 Å². The summed E-state index contributed by atoms with van der Waals surface area (Å²) in [5.74, 6) is -0.583. The first-order chi connectivity index (χ1) is 16.2. The predicted octanol–water partition coefficient (Wildman–Crippen LogP) is 5.31. The topological polar surface area (TPSA) is 68.2 Å². The number of carbonyl (C=O) groups excluding carboxylic acids is 1. The number of nitrogens with zero attached hydrogens (tertiary/aromatic N) is 2. The molecule has 2 atom stereocenters. The molecule has 5 rings (SSSR count). The molecule has 1 saturated heterocycles. The fourth-order valence-electron chi connectivity index (χ4n) is 4.42. The molecular formula is C22H19BrClF3N4O2S. The highest BCUT2D eigenvalue weighted by molar-refractivity contribution is 9.10. The van der Waals surface area contributed by atoms with E-state index in [4.69, 9.17) is 16.3 Å². The van der Waals surface area contributed by atoms with Crippen molar-refractivity contribution < 1.29 is 22.7 Å². The van der Waals surface area contributed by atoms with Gasteiger partial charge in [-0.25, -0.2) is 0 Å². The quantitative estimate of drug-likeness (QED) is 0.444. The van der Waals surface area contributed by atoms with Gasteiger partial charge in [-0.1, -0.05) is 29.0 Å². The van der Waals surface area contributed by atoms with Crippen LogP contribution in [-0.2, 0) is 12.7 Å². The molecule has 12 heteroatoms. The molecule has 1 fully saturated rings. The number of piperidine rings is 1. The largest absolute Gasteiger partial charge is 0.481 e. The van der Waals surface area contributed by atoms with Gasteiger partial charge >= 0.3 is 6.18 Å². The minimum absolute atomic E-state index is 0.284. The number of hydrogen-bond donors (Lipinski definition) is 2. The van der Waals surface area contributed by atoms with E-state index in [9.17, 15) is 18.0 Å². The molecule has 1 aromatic carbocycles. The van der Waals surface area contributed by atoms with Crippen LogP contribution in [0.15, 0.2) is 34.9 Å². The number of halogens is 5. The minimum atomic E-state index is -4.55. The van der Waals surface area contributed by atoms with Crippen molar-refractivity contribution in [2.45, 2.75) is 31.1 Å². The van der Waals surface area contributed by atoms with Gasteiger partial charge in [0.2, 0.25) is 0 Å². The Morgan fingerprint density at radius 2 is 2.18 bits per heavy atom. The Hall–Kier alpha value is -2.08. The zero-order valence-corrected chi connectivity index (χ0v) is 20.7. The molecule has 2 aromatic heterocycles. The van der Waals surface area contributed by atoms with Crippen molar-refractivity contribution in [3.8, 4) is 16.3 Å². The lowest BCUT2D eigenvalue weighted by Gasteiger charge is -2.33. The highest BCUT2D eigenvalue weighted by Crippen LogP contribution is 2.43. The van der Waals surface area contributed by atoms with Gasteiger partial charge in [0.1, 0.15) is 6.61 Å². The number of aromatic nitrogens is 2. The number of carbonyl (C=O) groups is 1. The second-order valence-electron chi connectivity index (χ2n) is 8.14. The standard InChI is InChI=1S/C22H19BrClF3N4O2S/c23-15-9-29-31-5-6-33-21-13(19(15)31)8-18(34-21)20(32)30-17-10-28-4-3-12(17)11-1-2-16(24)14(7-11)22(25,26)27/h1-2,7-9,12,17,28H,3-6,10H2,(H,30,32)/t12-,17+/m0/s1. The summed E-state index contributed by atoms with van der Waals surface area (Å²) >= 11 is 10.6. The normalized spacial score (nSPS) is 20.1. The molecule has 2 aliphatic heterocycles. The third-order valence-corrected chi connectivity index (χ3v) is 7.99. The molecule has 0 spiro atoms. The number of hydrogen-bond acceptors (Lipinski definition) is 5.